The molecule has 1 heteroatoms. The molecule has 0 radical (unpaired) electrons. The van der Waals surface area contributed by atoms with Gasteiger partial charge in [0.25, 0.3) is 0 Å². The predicted octanol–water partition coefficient (Wildman–Crippen LogP) is 4.81. The molecule has 0 amide bonds. The highest BCUT2D eigenvalue weighted by atomic mass is 35.5. The second kappa shape index (κ2) is 5.23. The van der Waals surface area contributed by atoms with Crippen molar-refractivity contribution < 1.29 is 0 Å². The Bertz CT molecular complexity index is 311. The molecule has 0 aliphatic heterocycles. The minimum absolute atomic E-state index is 0.287. The molecule has 0 aromatic heterocycles. The predicted molar refractivity (Wildman–Crippen MR) is 71.0 cm³/mol. The van der Waals surface area contributed by atoms with Gasteiger partial charge in [0.1, 0.15) is 0 Å². The third-order valence-electron chi connectivity index (χ3n) is 4.01. The van der Waals surface area contributed by atoms with E-state index in [-0.39, 0.29) is 5.38 Å². The van der Waals surface area contributed by atoms with Crippen molar-refractivity contribution in [2.75, 3.05) is 0 Å². The van der Waals surface area contributed by atoms with Gasteiger partial charge < -0.3 is 0 Å². The zero-order valence-electron chi connectivity index (χ0n) is 10.1. The van der Waals surface area contributed by atoms with Crippen molar-refractivity contribution >= 4 is 11.6 Å². The van der Waals surface area contributed by atoms with E-state index in [1.807, 2.05) is 0 Å². The van der Waals surface area contributed by atoms with Crippen molar-refractivity contribution in [2.24, 2.45) is 5.41 Å². The van der Waals surface area contributed by atoms with Gasteiger partial charge in [0.05, 0.1) is 0 Å². The molecular formula is C15H21Cl. The summed E-state index contributed by atoms with van der Waals surface area (Å²) in [6, 6.07) is 10.6. The van der Waals surface area contributed by atoms with Crippen LogP contribution in [-0.4, -0.2) is 5.38 Å². The first-order valence-corrected chi connectivity index (χ1v) is 6.82. The number of alkyl halides is 1. The summed E-state index contributed by atoms with van der Waals surface area (Å²) in [6.07, 6.45) is 7.72. The number of rotatable bonds is 3. The number of halogens is 1. The van der Waals surface area contributed by atoms with Crippen LogP contribution < -0.4 is 0 Å². The molecule has 0 nitrogen and oxygen atoms in total. The van der Waals surface area contributed by atoms with Crippen molar-refractivity contribution in [3.8, 4) is 0 Å². The van der Waals surface area contributed by atoms with Crippen molar-refractivity contribution in [1.82, 2.24) is 0 Å². The molecule has 1 aliphatic rings. The molecule has 1 aromatic carbocycles. The second-order valence-electron chi connectivity index (χ2n) is 5.37. The summed E-state index contributed by atoms with van der Waals surface area (Å²) < 4.78 is 0. The minimum atomic E-state index is 0.287. The molecule has 1 saturated carbocycles. The number of hydrogen-bond acceptors (Lipinski definition) is 0. The number of benzene rings is 1. The average Bonchev–Trinajstić information content (AvgIpc) is 2.31. The zero-order valence-corrected chi connectivity index (χ0v) is 10.8. The first kappa shape index (κ1) is 12.0. The summed E-state index contributed by atoms with van der Waals surface area (Å²) >= 11 is 6.64. The quantitative estimate of drug-likeness (QED) is 0.661. The van der Waals surface area contributed by atoms with Crippen LogP contribution in [0.1, 0.15) is 44.6 Å². The molecule has 0 heterocycles. The molecule has 16 heavy (non-hydrogen) atoms. The topological polar surface area (TPSA) is 0 Å². The van der Waals surface area contributed by atoms with Gasteiger partial charge in [-0.15, -0.1) is 11.6 Å². The van der Waals surface area contributed by atoms with Gasteiger partial charge in [0.2, 0.25) is 0 Å². The van der Waals surface area contributed by atoms with Crippen LogP contribution in [0.3, 0.4) is 0 Å². The molecule has 1 aromatic rings. The second-order valence-corrected chi connectivity index (χ2v) is 5.90. The highest BCUT2D eigenvalue weighted by Crippen LogP contribution is 2.42. The summed E-state index contributed by atoms with van der Waals surface area (Å²) in [5.74, 6) is 0. The summed E-state index contributed by atoms with van der Waals surface area (Å²) in [6.45, 7) is 2.37. The largest absolute Gasteiger partial charge is 0.122 e. The van der Waals surface area contributed by atoms with Crippen molar-refractivity contribution in [1.29, 1.82) is 0 Å². The van der Waals surface area contributed by atoms with Gasteiger partial charge >= 0.3 is 0 Å². The Morgan fingerprint density at radius 3 is 2.38 bits per heavy atom. The van der Waals surface area contributed by atoms with Crippen LogP contribution in [-0.2, 0) is 6.42 Å². The summed E-state index contributed by atoms with van der Waals surface area (Å²) in [4.78, 5) is 0. The minimum Gasteiger partial charge on any atom is -0.122 e. The average molecular weight is 237 g/mol. The molecule has 1 fully saturated rings. The third-order valence-corrected chi connectivity index (χ3v) is 4.69. The lowest BCUT2D eigenvalue weighted by Crippen LogP contribution is -2.32. The summed E-state index contributed by atoms with van der Waals surface area (Å²) in [7, 11) is 0. The maximum atomic E-state index is 6.64. The van der Waals surface area contributed by atoms with E-state index in [9.17, 15) is 0 Å². The van der Waals surface area contributed by atoms with Gasteiger partial charge in [0, 0.05) is 5.38 Å². The van der Waals surface area contributed by atoms with Crippen molar-refractivity contribution in [2.45, 2.75) is 50.8 Å². The monoisotopic (exact) mass is 236 g/mol. The first-order valence-electron chi connectivity index (χ1n) is 6.39. The van der Waals surface area contributed by atoms with Gasteiger partial charge in [-0.25, -0.2) is 0 Å². The molecule has 88 valence electrons. The van der Waals surface area contributed by atoms with Gasteiger partial charge in [-0.05, 0) is 30.2 Å². The van der Waals surface area contributed by atoms with Gasteiger partial charge in [0.15, 0.2) is 0 Å². The van der Waals surface area contributed by atoms with Crippen LogP contribution in [0.2, 0.25) is 0 Å². The smallest absolute Gasteiger partial charge is 0.0430 e. The molecule has 2 rings (SSSR count). The van der Waals surface area contributed by atoms with E-state index in [4.69, 9.17) is 11.6 Å². The van der Waals surface area contributed by atoms with Crippen LogP contribution >= 0.6 is 11.6 Å². The van der Waals surface area contributed by atoms with Crippen LogP contribution in [0, 0.1) is 5.41 Å². The first-order chi connectivity index (χ1) is 7.71. The molecule has 1 aliphatic carbocycles. The van der Waals surface area contributed by atoms with E-state index in [2.05, 4.69) is 37.3 Å². The zero-order chi connectivity index (χ0) is 11.4. The Morgan fingerprint density at radius 2 is 1.75 bits per heavy atom. The summed E-state index contributed by atoms with van der Waals surface area (Å²) in [5, 5.41) is 0.287. The summed E-state index contributed by atoms with van der Waals surface area (Å²) in [5.41, 5.74) is 1.73. The van der Waals surface area contributed by atoms with Gasteiger partial charge in [-0.2, -0.15) is 0 Å². The fourth-order valence-corrected chi connectivity index (χ4v) is 3.14. The Hall–Kier alpha value is -0.490. The van der Waals surface area contributed by atoms with E-state index in [0.29, 0.717) is 5.41 Å². The normalized spacial score (nSPS) is 21.6. The van der Waals surface area contributed by atoms with Crippen LogP contribution in [0.15, 0.2) is 30.3 Å². The Balaban J connectivity index is 1.99. The van der Waals surface area contributed by atoms with Crippen LogP contribution in [0.25, 0.3) is 0 Å². The molecule has 1 unspecified atom stereocenters. The highest BCUT2D eigenvalue weighted by Gasteiger charge is 2.33. The SMILES string of the molecule is CC1(C(Cl)Cc2ccccc2)CCCCC1. The number of hydrogen-bond donors (Lipinski definition) is 0. The molecule has 1 atom stereocenters. The lowest BCUT2D eigenvalue weighted by molar-refractivity contribution is 0.205. The van der Waals surface area contributed by atoms with Crippen molar-refractivity contribution in [3.63, 3.8) is 0 Å². The van der Waals surface area contributed by atoms with Crippen LogP contribution in [0.5, 0.6) is 0 Å². The van der Waals surface area contributed by atoms with Crippen LogP contribution in [0.4, 0.5) is 0 Å². The van der Waals surface area contributed by atoms with Crippen molar-refractivity contribution in [3.05, 3.63) is 35.9 Å². The molecule has 0 spiro atoms. The van der Waals surface area contributed by atoms with E-state index < -0.39 is 0 Å². The fraction of sp³-hybridized carbons (Fsp3) is 0.600. The molecule has 0 N–H and O–H groups in total. The van der Waals surface area contributed by atoms with E-state index >= 15 is 0 Å². The van der Waals surface area contributed by atoms with Gasteiger partial charge in [-0.3, -0.25) is 0 Å². The fourth-order valence-electron chi connectivity index (χ4n) is 2.74. The molecular weight excluding hydrogens is 216 g/mol. The molecule has 0 bridgehead atoms. The lowest BCUT2D eigenvalue weighted by Gasteiger charge is -2.37. The Morgan fingerprint density at radius 1 is 1.12 bits per heavy atom. The standard InChI is InChI=1S/C15H21Cl/c1-15(10-6-3-7-11-15)14(16)12-13-8-4-2-5-9-13/h2,4-5,8-9,14H,3,6-7,10-12H2,1H3. The lowest BCUT2D eigenvalue weighted by atomic mass is 9.72. The Kier molecular flexibility index (Phi) is 3.91. The van der Waals surface area contributed by atoms with E-state index in [1.165, 1.54) is 37.7 Å². The van der Waals surface area contributed by atoms with E-state index in [0.717, 1.165) is 6.42 Å². The Labute approximate surface area is 104 Å². The highest BCUT2D eigenvalue weighted by molar-refractivity contribution is 6.21. The molecule has 0 saturated heterocycles. The maximum absolute atomic E-state index is 6.64. The third kappa shape index (κ3) is 2.79. The van der Waals surface area contributed by atoms with Gasteiger partial charge in [-0.1, -0.05) is 56.5 Å². The maximum Gasteiger partial charge on any atom is 0.0430 e. The van der Waals surface area contributed by atoms with E-state index in [1.54, 1.807) is 0 Å².